The van der Waals surface area contributed by atoms with Crippen molar-refractivity contribution in [3.63, 3.8) is 0 Å². The molecule has 0 aliphatic heterocycles. The molecule has 1 aliphatic rings. The number of rotatable bonds is 5. The van der Waals surface area contributed by atoms with Crippen LogP contribution in [0.15, 0.2) is 24.3 Å². The van der Waals surface area contributed by atoms with Gasteiger partial charge in [0.25, 0.3) is 11.8 Å². The maximum absolute atomic E-state index is 12.9. The molecule has 0 fully saturated rings. The fourth-order valence-corrected chi connectivity index (χ4v) is 6.75. The van der Waals surface area contributed by atoms with E-state index in [4.69, 9.17) is 17.3 Å². The molecule has 2 aromatic heterocycles. The molecule has 1 atom stereocenters. The average molecular weight is 433 g/mol. The van der Waals surface area contributed by atoms with Crippen LogP contribution in [0.2, 0.25) is 5.02 Å². The zero-order valence-corrected chi connectivity index (χ0v) is 17.9. The van der Waals surface area contributed by atoms with Gasteiger partial charge in [-0.2, -0.15) is 0 Å². The summed E-state index contributed by atoms with van der Waals surface area (Å²) >= 11 is 9.27. The van der Waals surface area contributed by atoms with Gasteiger partial charge in [-0.3, -0.25) is 9.59 Å². The molecule has 0 saturated heterocycles. The molecule has 28 heavy (non-hydrogen) atoms. The van der Waals surface area contributed by atoms with Crippen LogP contribution in [0.1, 0.15) is 56.7 Å². The lowest BCUT2D eigenvalue weighted by atomic mass is 9.84. The van der Waals surface area contributed by atoms with E-state index in [1.807, 2.05) is 24.3 Å². The maximum Gasteiger partial charge on any atom is 0.267 e. The zero-order valence-electron chi connectivity index (χ0n) is 15.5. The van der Waals surface area contributed by atoms with Gasteiger partial charge in [-0.05, 0) is 36.8 Å². The Morgan fingerprint density at radius 1 is 1.29 bits per heavy atom. The van der Waals surface area contributed by atoms with Crippen LogP contribution < -0.4 is 11.1 Å². The highest BCUT2D eigenvalue weighted by Crippen LogP contribution is 2.41. The van der Waals surface area contributed by atoms with Crippen LogP contribution in [-0.2, 0) is 12.8 Å². The van der Waals surface area contributed by atoms with E-state index in [1.165, 1.54) is 34.0 Å². The van der Waals surface area contributed by atoms with Crippen molar-refractivity contribution < 1.29 is 9.59 Å². The summed E-state index contributed by atoms with van der Waals surface area (Å²) in [6.45, 7) is 2.19. The van der Waals surface area contributed by atoms with E-state index in [1.54, 1.807) is 0 Å². The Labute approximate surface area is 176 Å². The second-order valence-electron chi connectivity index (χ2n) is 7.17. The summed E-state index contributed by atoms with van der Waals surface area (Å²) in [7, 11) is 0. The minimum atomic E-state index is -0.482. The van der Waals surface area contributed by atoms with Crippen LogP contribution >= 0.6 is 34.3 Å². The van der Waals surface area contributed by atoms with Crippen LogP contribution in [0.5, 0.6) is 0 Å². The first kappa shape index (κ1) is 19.4. The highest BCUT2D eigenvalue weighted by molar-refractivity contribution is 7.22. The summed E-state index contributed by atoms with van der Waals surface area (Å²) < 4.78 is 0.959. The molecule has 0 bridgehead atoms. The van der Waals surface area contributed by atoms with Crippen molar-refractivity contribution in [1.29, 1.82) is 0 Å². The van der Waals surface area contributed by atoms with E-state index in [0.29, 0.717) is 26.4 Å². The summed E-state index contributed by atoms with van der Waals surface area (Å²) in [6.07, 6.45) is 5.19. The molecule has 2 amide bonds. The number of nitrogens with two attached hydrogens (primary N) is 1. The molecule has 1 unspecified atom stereocenters. The topological polar surface area (TPSA) is 72.2 Å². The number of primary amides is 1. The standard InChI is InChI=1S/C21H21ClN2O2S2/c1-2-5-11-8-9-12-15(10-11)28-21(16(12)19(23)25)24-20(26)18-17(22)13-6-3-4-7-14(13)27-18/h3-4,6-7,11H,2,5,8-10H2,1H3,(H2,23,25)(H,24,26). The number of halogens is 1. The highest BCUT2D eigenvalue weighted by Gasteiger charge is 2.29. The Balaban J connectivity index is 1.66. The van der Waals surface area contributed by atoms with Crippen molar-refractivity contribution in [3.05, 3.63) is 50.2 Å². The molecule has 3 aromatic rings. The lowest BCUT2D eigenvalue weighted by Gasteiger charge is -2.21. The number of nitrogens with one attached hydrogen (secondary N) is 1. The summed E-state index contributed by atoms with van der Waals surface area (Å²) in [4.78, 5) is 26.7. The van der Waals surface area contributed by atoms with E-state index >= 15 is 0 Å². The van der Waals surface area contributed by atoms with Gasteiger partial charge in [-0.15, -0.1) is 22.7 Å². The molecule has 0 spiro atoms. The summed E-state index contributed by atoms with van der Waals surface area (Å²) in [5.41, 5.74) is 7.16. The second kappa shape index (κ2) is 7.85. The zero-order chi connectivity index (χ0) is 19.8. The maximum atomic E-state index is 12.9. The van der Waals surface area contributed by atoms with Gasteiger partial charge in [-0.25, -0.2) is 0 Å². The number of hydrogen-bond donors (Lipinski definition) is 2. The number of hydrogen-bond acceptors (Lipinski definition) is 4. The molecule has 4 nitrogen and oxygen atoms in total. The molecule has 1 aliphatic carbocycles. The molecular formula is C21H21ClN2O2S2. The van der Waals surface area contributed by atoms with Crippen molar-refractivity contribution >= 4 is 61.2 Å². The van der Waals surface area contributed by atoms with E-state index < -0.39 is 5.91 Å². The van der Waals surface area contributed by atoms with Gasteiger partial charge in [0.15, 0.2) is 0 Å². The molecule has 1 aromatic carbocycles. The van der Waals surface area contributed by atoms with Crippen LogP contribution in [0.25, 0.3) is 10.1 Å². The average Bonchev–Trinajstić information content (AvgIpc) is 3.19. The van der Waals surface area contributed by atoms with Crippen LogP contribution in [0.3, 0.4) is 0 Å². The Kier molecular flexibility index (Phi) is 5.45. The van der Waals surface area contributed by atoms with E-state index in [2.05, 4.69) is 12.2 Å². The van der Waals surface area contributed by atoms with Crippen molar-refractivity contribution in [2.45, 2.75) is 39.0 Å². The van der Waals surface area contributed by atoms with Crippen LogP contribution in [0, 0.1) is 5.92 Å². The normalized spacial score (nSPS) is 16.1. The molecule has 4 rings (SSSR count). The first-order chi connectivity index (χ1) is 13.5. The number of carbonyl (C=O) groups is 2. The second-order valence-corrected chi connectivity index (χ2v) is 9.70. The van der Waals surface area contributed by atoms with Gasteiger partial charge >= 0.3 is 0 Å². The molecule has 3 N–H and O–H groups in total. The SMILES string of the molecule is CCCC1CCc2c(sc(NC(=O)c3sc4ccccc4c3Cl)c2C(N)=O)C1. The Morgan fingerprint density at radius 3 is 2.79 bits per heavy atom. The predicted molar refractivity (Wildman–Crippen MR) is 118 cm³/mol. The van der Waals surface area contributed by atoms with Gasteiger partial charge < -0.3 is 11.1 Å². The van der Waals surface area contributed by atoms with E-state index in [0.717, 1.165) is 41.3 Å². The van der Waals surface area contributed by atoms with E-state index in [-0.39, 0.29) is 5.91 Å². The fraction of sp³-hybridized carbons (Fsp3) is 0.333. The monoisotopic (exact) mass is 432 g/mol. The molecule has 7 heteroatoms. The van der Waals surface area contributed by atoms with E-state index in [9.17, 15) is 9.59 Å². The van der Waals surface area contributed by atoms with Crippen molar-refractivity contribution in [3.8, 4) is 0 Å². The number of thiophene rings is 2. The minimum Gasteiger partial charge on any atom is -0.365 e. The van der Waals surface area contributed by atoms with Gasteiger partial charge in [0, 0.05) is 15.0 Å². The lowest BCUT2D eigenvalue weighted by Crippen LogP contribution is -2.19. The molecule has 0 radical (unpaired) electrons. The van der Waals surface area contributed by atoms with Crippen molar-refractivity contribution in [2.24, 2.45) is 11.7 Å². The number of anilines is 1. The predicted octanol–water partition coefficient (Wildman–Crippen LogP) is 5.87. The third kappa shape index (κ3) is 3.45. The fourth-order valence-electron chi connectivity index (χ4n) is 3.98. The van der Waals surface area contributed by atoms with Crippen LogP contribution in [-0.4, -0.2) is 11.8 Å². The summed E-state index contributed by atoms with van der Waals surface area (Å²) in [6, 6.07) is 7.66. The van der Waals surface area contributed by atoms with Crippen molar-refractivity contribution in [2.75, 3.05) is 5.32 Å². The first-order valence-electron chi connectivity index (χ1n) is 9.42. The quantitative estimate of drug-likeness (QED) is 0.528. The van der Waals surface area contributed by atoms with Crippen LogP contribution in [0.4, 0.5) is 5.00 Å². The van der Waals surface area contributed by atoms with Gasteiger partial charge in [-0.1, -0.05) is 49.6 Å². The highest BCUT2D eigenvalue weighted by atomic mass is 35.5. The first-order valence-corrected chi connectivity index (χ1v) is 11.4. The number of amides is 2. The third-order valence-electron chi connectivity index (χ3n) is 5.28. The Bertz CT molecular complexity index is 1070. The molecule has 146 valence electrons. The molecular weight excluding hydrogens is 412 g/mol. The summed E-state index contributed by atoms with van der Waals surface area (Å²) in [5.74, 6) is -0.140. The van der Waals surface area contributed by atoms with Crippen molar-refractivity contribution in [1.82, 2.24) is 0 Å². The minimum absolute atomic E-state index is 0.294. The number of benzene rings is 1. The largest absolute Gasteiger partial charge is 0.365 e. The lowest BCUT2D eigenvalue weighted by molar-refractivity contribution is 0.1000. The molecule has 0 saturated carbocycles. The van der Waals surface area contributed by atoms with Gasteiger partial charge in [0.1, 0.15) is 9.88 Å². The number of fused-ring (bicyclic) bond motifs is 2. The molecule has 2 heterocycles. The summed E-state index contributed by atoms with van der Waals surface area (Å²) in [5, 5.41) is 4.78. The Morgan fingerprint density at radius 2 is 2.07 bits per heavy atom. The number of carbonyl (C=O) groups excluding carboxylic acids is 2. The smallest absolute Gasteiger partial charge is 0.267 e. The van der Waals surface area contributed by atoms with Gasteiger partial charge in [0.05, 0.1) is 10.6 Å². The third-order valence-corrected chi connectivity index (χ3v) is 8.12. The van der Waals surface area contributed by atoms with Gasteiger partial charge in [0.2, 0.25) is 0 Å². The Hall–Kier alpha value is -1.89.